The van der Waals surface area contributed by atoms with E-state index in [2.05, 4.69) is 38.0 Å². The number of ketones is 1. The predicted molar refractivity (Wildman–Crippen MR) is 134 cm³/mol. The van der Waals surface area contributed by atoms with E-state index in [1.54, 1.807) is 0 Å². The molecular formula is C28H43N3O4. The van der Waals surface area contributed by atoms with Crippen LogP contribution in [-0.2, 0) is 19.2 Å². The molecule has 4 fully saturated rings. The molecule has 3 amide bonds. The number of fused-ring (bicyclic) bond motifs is 1. The minimum atomic E-state index is -0.852. The molecule has 0 aromatic heterocycles. The Morgan fingerprint density at radius 2 is 1.77 bits per heavy atom. The van der Waals surface area contributed by atoms with E-state index in [0.29, 0.717) is 31.2 Å². The lowest BCUT2D eigenvalue weighted by molar-refractivity contribution is -0.145. The molecule has 194 valence electrons. The highest BCUT2D eigenvalue weighted by molar-refractivity contribution is 6.38. The molecule has 0 spiro atoms. The van der Waals surface area contributed by atoms with Crippen molar-refractivity contribution in [2.75, 3.05) is 13.1 Å². The van der Waals surface area contributed by atoms with Crippen LogP contribution in [0.25, 0.3) is 0 Å². The summed E-state index contributed by atoms with van der Waals surface area (Å²) in [4.78, 5) is 54.5. The minimum absolute atomic E-state index is 0.00122. The van der Waals surface area contributed by atoms with E-state index >= 15 is 0 Å². The van der Waals surface area contributed by atoms with E-state index < -0.39 is 23.8 Å². The lowest BCUT2D eigenvalue weighted by Gasteiger charge is -2.49. The molecule has 0 bridgehead atoms. The summed E-state index contributed by atoms with van der Waals surface area (Å²) in [5, 5.41) is 5.48. The predicted octanol–water partition coefficient (Wildman–Crippen LogP) is 3.38. The van der Waals surface area contributed by atoms with Crippen LogP contribution in [0.4, 0.5) is 0 Å². The van der Waals surface area contributed by atoms with Crippen LogP contribution in [0.3, 0.4) is 0 Å². The summed E-state index contributed by atoms with van der Waals surface area (Å²) < 4.78 is 0. The Balaban J connectivity index is 1.50. The monoisotopic (exact) mass is 485 g/mol. The highest BCUT2D eigenvalue weighted by Gasteiger charge is 2.61. The van der Waals surface area contributed by atoms with Crippen LogP contribution in [0.5, 0.6) is 0 Å². The van der Waals surface area contributed by atoms with Gasteiger partial charge in [0.2, 0.25) is 17.6 Å². The van der Waals surface area contributed by atoms with Crippen molar-refractivity contribution in [1.29, 1.82) is 0 Å². The van der Waals surface area contributed by atoms with Crippen LogP contribution in [-0.4, -0.2) is 53.6 Å². The molecule has 0 radical (unpaired) electrons. The lowest BCUT2D eigenvalue weighted by atomic mass is 9.55. The molecule has 4 aliphatic rings. The van der Waals surface area contributed by atoms with Gasteiger partial charge in [0.15, 0.2) is 0 Å². The first-order chi connectivity index (χ1) is 16.5. The number of likely N-dealkylation sites (tertiary alicyclic amines) is 1. The fourth-order valence-corrected chi connectivity index (χ4v) is 7.04. The summed E-state index contributed by atoms with van der Waals surface area (Å²) in [5.41, 5.74) is -0.0327. The summed E-state index contributed by atoms with van der Waals surface area (Å²) in [6.45, 7) is 10.9. The van der Waals surface area contributed by atoms with Crippen LogP contribution >= 0.6 is 0 Å². The van der Waals surface area contributed by atoms with E-state index in [0.717, 1.165) is 44.9 Å². The minimum Gasteiger partial charge on any atom is -0.346 e. The van der Waals surface area contributed by atoms with Crippen molar-refractivity contribution in [3.05, 3.63) is 12.7 Å². The third-order valence-electron chi connectivity index (χ3n) is 9.06. The van der Waals surface area contributed by atoms with Crippen molar-refractivity contribution in [2.24, 2.45) is 28.6 Å². The zero-order valence-corrected chi connectivity index (χ0v) is 21.7. The quantitative estimate of drug-likeness (QED) is 0.366. The Morgan fingerprint density at radius 3 is 2.37 bits per heavy atom. The normalized spacial score (nSPS) is 29.3. The van der Waals surface area contributed by atoms with Gasteiger partial charge in [-0.2, -0.15) is 0 Å². The Morgan fingerprint density at radius 1 is 1.09 bits per heavy atom. The van der Waals surface area contributed by atoms with Crippen molar-refractivity contribution in [3.63, 3.8) is 0 Å². The molecule has 35 heavy (non-hydrogen) atoms. The second-order valence-electron chi connectivity index (χ2n) is 12.6. The van der Waals surface area contributed by atoms with Crippen LogP contribution < -0.4 is 10.6 Å². The van der Waals surface area contributed by atoms with Gasteiger partial charge in [-0.1, -0.05) is 59.0 Å². The molecule has 0 aromatic carbocycles. The Hall–Kier alpha value is -2.18. The van der Waals surface area contributed by atoms with Gasteiger partial charge in [-0.05, 0) is 54.3 Å². The number of nitrogens with zero attached hydrogens (tertiary/aromatic N) is 1. The molecule has 4 unspecified atom stereocenters. The smallest absolute Gasteiger partial charge is 0.289 e. The van der Waals surface area contributed by atoms with Gasteiger partial charge in [0, 0.05) is 19.5 Å². The van der Waals surface area contributed by atoms with Crippen molar-refractivity contribution >= 4 is 23.5 Å². The standard InChI is InChI=1S/C28H43N3O4/c1-5-13-29-26(35)24(33)20(14-18-9-10-18)30-25(34)23-22-19(15-27(22,2)3)17-31(23)21(32)16-28(4)11-7-6-8-12-28/h5,18-20,22-23H,1,6-17H2,2-4H3,(H,29,35)(H,30,34). The second kappa shape index (κ2) is 10.1. The maximum Gasteiger partial charge on any atom is 0.289 e. The number of Topliss-reactive ketones (excluding diaryl/α,β-unsaturated/α-hetero) is 1. The number of carbonyl (C=O) groups excluding carboxylic acids is 4. The first-order valence-corrected chi connectivity index (χ1v) is 13.6. The zero-order chi connectivity index (χ0) is 25.4. The molecule has 4 atom stereocenters. The van der Waals surface area contributed by atoms with Crippen LogP contribution in [0.15, 0.2) is 12.7 Å². The molecule has 3 aliphatic carbocycles. The highest BCUT2D eigenvalue weighted by Crippen LogP contribution is 2.57. The van der Waals surface area contributed by atoms with Gasteiger partial charge in [0.25, 0.3) is 5.91 Å². The molecule has 7 heteroatoms. The van der Waals surface area contributed by atoms with E-state index in [1.807, 2.05) is 4.90 Å². The van der Waals surface area contributed by atoms with Crippen LogP contribution in [0.1, 0.15) is 85.0 Å². The molecule has 2 N–H and O–H groups in total. The number of hydrogen-bond donors (Lipinski definition) is 2. The molecule has 1 heterocycles. The summed E-state index contributed by atoms with van der Waals surface area (Å²) in [5.74, 6) is -0.757. The number of carbonyl (C=O) groups is 4. The fraction of sp³-hybridized carbons (Fsp3) is 0.786. The van der Waals surface area contributed by atoms with Crippen molar-refractivity contribution in [3.8, 4) is 0 Å². The molecule has 4 rings (SSSR count). The molecule has 0 aromatic rings. The van der Waals surface area contributed by atoms with Gasteiger partial charge >= 0.3 is 0 Å². The van der Waals surface area contributed by atoms with E-state index in [9.17, 15) is 19.2 Å². The maximum atomic E-state index is 13.8. The van der Waals surface area contributed by atoms with Gasteiger partial charge in [0.1, 0.15) is 6.04 Å². The van der Waals surface area contributed by atoms with Crippen molar-refractivity contribution in [2.45, 2.75) is 97.1 Å². The van der Waals surface area contributed by atoms with Gasteiger partial charge < -0.3 is 15.5 Å². The topological polar surface area (TPSA) is 95.6 Å². The third-order valence-corrected chi connectivity index (χ3v) is 9.06. The van der Waals surface area contributed by atoms with Crippen molar-refractivity contribution < 1.29 is 19.2 Å². The van der Waals surface area contributed by atoms with E-state index in [4.69, 9.17) is 0 Å². The molecule has 3 saturated carbocycles. The largest absolute Gasteiger partial charge is 0.346 e. The molecular weight excluding hydrogens is 442 g/mol. The van der Waals surface area contributed by atoms with E-state index in [-0.39, 0.29) is 35.1 Å². The molecule has 1 aliphatic heterocycles. The maximum absolute atomic E-state index is 13.8. The molecule has 7 nitrogen and oxygen atoms in total. The summed E-state index contributed by atoms with van der Waals surface area (Å²) >= 11 is 0. The first kappa shape index (κ1) is 25.9. The van der Waals surface area contributed by atoms with E-state index in [1.165, 1.54) is 12.5 Å². The Labute approximate surface area is 209 Å². The summed E-state index contributed by atoms with van der Waals surface area (Å²) in [6, 6.07) is -1.43. The van der Waals surface area contributed by atoms with Crippen LogP contribution in [0.2, 0.25) is 0 Å². The Bertz CT molecular complexity index is 871. The van der Waals surface area contributed by atoms with Gasteiger partial charge in [-0.15, -0.1) is 6.58 Å². The summed E-state index contributed by atoms with van der Waals surface area (Å²) in [6.07, 6.45) is 11.1. The average molecular weight is 486 g/mol. The van der Waals surface area contributed by atoms with Crippen LogP contribution in [0, 0.1) is 28.6 Å². The third kappa shape index (κ3) is 5.64. The SMILES string of the molecule is C=CCNC(=O)C(=O)C(CC1CC1)NC(=O)C1C2C(CN1C(=O)CC1(C)CCCCC1)CC2(C)C. The first-order valence-electron chi connectivity index (χ1n) is 13.6. The highest BCUT2D eigenvalue weighted by atomic mass is 16.2. The number of rotatable bonds is 10. The number of amides is 3. The Kier molecular flexibility index (Phi) is 7.44. The average Bonchev–Trinajstić information content (AvgIpc) is 3.55. The lowest BCUT2D eigenvalue weighted by Crippen LogP contribution is -2.58. The number of hydrogen-bond acceptors (Lipinski definition) is 4. The molecule has 1 saturated heterocycles. The summed E-state index contributed by atoms with van der Waals surface area (Å²) in [7, 11) is 0. The zero-order valence-electron chi connectivity index (χ0n) is 21.7. The fourth-order valence-electron chi connectivity index (χ4n) is 7.04. The second-order valence-corrected chi connectivity index (χ2v) is 12.6. The van der Waals surface area contributed by atoms with Gasteiger partial charge in [-0.25, -0.2) is 0 Å². The van der Waals surface area contributed by atoms with Gasteiger partial charge in [-0.3, -0.25) is 19.2 Å². The number of nitrogens with one attached hydrogen (secondary N) is 2. The van der Waals surface area contributed by atoms with Crippen molar-refractivity contribution in [1.82, 2.24) is 15.5 Å². The van der Waals surface area contributed by atoms with Gasteiger partial charge in [0.05, 0.1) is 6.04 Å².